The summed E-state index contributed by atoms with van der Waals surface area (Å²) in [5.74, 6) is 0.665. The topological polar surface area (TPSA) is 86.2 Å². The average Bonchev–Trinajstić information content (AvgIpc) is 2.89. The third-order valence-electron chi connectivity index (χ3n) is 2.20. The lowest BCUT2D eigenvalue weighted by Crippen LogP contribution is -2.00. The molecule has 2 aromatic rings. The highest BCUT2D eigenvalue weighted by molar-refractivity contribution is 5.05. The molecule has 0 aliphatic carbocycles. The number of methoxy groups -OCH3 is 1. The van der Waals surface area contributed by atoms with Gasteiger partial charge in [0.2, 0.25) is 0 Å². The number of hydrogen-bond acceptors (Lipinski definition) is 6. The lowest BCUT2D eigenvalue weighted by Gasteiger charge is -1.95. The molecule has 92 valence electrons. The van der Waals surface area contributed by atoms with Crippen LogP contribution in [0.5, 0.6) is 0 Å². The third kappa shape index (κ3) is 2.89. The van der Waals surface area contributed by atoms with Gasteiger partial charge in [-0.2, -0.15) is 0 Å². The van der Waals surface area contributed by atoms with Crippen LogP contribution in [-0.4, -0.2) is 32.4 Å². The highest BCUT2D eigenvalue weighted by Crippen LogP contribution is 2.09. The summed E-state index contributed by atoms with van der Waals surface area (Å²) in [6.07, 6.45) is 1.06. The summed E-state index contributed by atoms with van der Waals surface area (Å²) in [6, 6.07) is 1.80. The maximum atomic E-state index is 9.31. The van der Waals surface area contributed by atoms with E-state index in [0.29, 0.717) is 24.6 Å². The van der Waals surface area contributed by atoms with E-state index in [1.165, 1.54) is 0 Å². The van der Waals surface area contributed by atoms with Crippen LogP contribution < -0.4 is 0 Å². The van der Waals surface area contributed by atoms with E-state index in [2.05, 4.69) is 15.5 Å². The minimum absolute atomic E-state index is 0.392. The Morgan fingerprint density at radius 3 is 3.06 bits per heavy atom. The molecule has 0 aliphatic heterocycles. The maximum Gasteiger partial charge on any atom is 0.162 e. The first-order chi connectivity index (χ1) is 8.19. The van der Waals surface area contributed by atoms with Crippen LogP contribution in [0.3, 0.4) is 0 Å². The van der Waals surface area contributed by atoms with Gasteiger partial charge >= 0.3 is 0 Å². The van der Waals surface area contributed by atoms with Crippen LogP contribution in [0.2, 0.25) is 0 Å². The zero-order valence-corrected chi connectivity index (χ0v) is 9.70. The molecule has 2 rings (SSSR count). The fourth-order valence-electron chi connectivity index (χ4n) is 1.39. The van der Waals surface area contributed by atoms with Crippen molar-refractivity contribution in [3.8, 4) is 0 Å². The molecule has 7 nitrogen and oxygen atoms in total. The molecule has 17 heavy (non-hydrogen) atoms. The van der Waals surface area contributed by atoms with Crippen molar-refractivity contribution < 1.29 is 14.4 Å². The first-order valence-electron chi connectivity index (χ1n) is 5.20. The number of ether oxygens (including phenoxy) is 1. The van der Waals surface area contributed by atoms with Crippen molar-refractivity contribution in [2.75, 3.05) is 7.11 Å². The molecule has 2 heterocycles. The number of hydrogen-bond donors (Lipinski definition) is 1. The predicted molar refractivity (Wildman–Crippen MR) is 57.0 cm³/mol. The fourth-order valence-corrected chi connectivity index (χ4v) is 1.39. The molecule has 0 amide bonds. The van der Waals surface area contributed by atoms with E-state index in [1.54, 1.807) is 31.0 Å². The lowest BCUT2D eigenvalue weighted by molar-refractivity contribution is 0.155. The first kappa shape index (κ1) is 11.7. The zero-order chi connectivity index (χ0) is 12.3. The minimum atomic E-state index is -0.620. The molecule has 0 fully saturated rings. The molecule has 0 aliphatic rings. The van der Waals surface area contributed by atoms with Crippen molar-refractivity contribution in [1.82, 2.24) is 20.2 Å². The summed E-state index contributed by atoms with van der Waals surface area (Å²) in [7, 11) is 1.59. The molecule has 0 saturated carbocycles. The summed E-state index contributed by atoms with van der Waals surface area (Å²) in [5.41, 5.74) is 1.27. The summed E-state index contributed by atoms with van der Waals surface area (Å²) in [5, 5.41) is 20.9. The second-order valence-corrected chi connectivity index (χ2v) is 3.73. The van der Waals surface area contributed by atoms with Gasteiger partial charge in [-0.05, 0) is 6.92 Å². The van der Waals surface area contributed by atoms with Crippen LogP contribution in [0, 0.1) is 0 Å². The van der Waals surface area contributed by atoms with Gasteiger partial charge in [0.05, 0.1) is 18.8 Å². The molecule has 0 saturated heterocycles. The molecule has 7 heteroatoms. The van der Waals surface area contributed by atoms with E-state index < -0.39 is 6.10 Å². The van der Waals surface area contributed by atoms with Crippen LogP contribution in [0.4, 0.5) is 0 Å². The van der Waals surface area contributed by atoms with E-state index >= 15 is 0 Å². The highest BCUT2D eigenvalue weighted by Gasteiger charge is 2.09. The Morgan fingerprint density at radius 2 is 2.41 bits per heavy atom. The van der Waals surface area contributed by atoms with Gasteiger partial charge in [0.15, 0.2) is 5.76 Å². The monoisotopic (exact) mass is 238 g/mol. The van der Waals surface area contributed by atoms with Crippen molar-refractivity contribution in [3.05, 3.63) is 29.4 Å². The van der Waals surface area contributed by atoms with Crippen molar-refractivity contribution in [2.24, 2.45) is 0 Å². The second kappa shape index (κ2) is 5.07. The van der Waals surface area contributed by atoms with Gasteiger partial charge in [-0.15, -0.1) is 5.10 Å². The standard InChI is InChI=1S/C10H14N4O3/c1-7(15)10-5-14(13-11-10)4-8-3-9(6-16-2)17-12-8/h3,5,7,15H,4,6H2,1-2H3. The third-order valence-corrected chi connectivity index (χ3v) is 2.20. The molecule has 0 bridgehead atoms. The van der Waals surface area contributed by atoms with Crippen molar-refractivity contribution >= 4 is 0 Å². The number of rotatable bonds is 5. The Bertz CT molecular complexity index is 477. The number of nitrogens with zero attached hydrogens (tertiary/aromatic N) is 4. The molecule has 1 unspecified atom stereocenters. The maximum absolute atomic E-state index is 9.31. The summed E-state index contributed by atoms with van der Waals surface area (Å²) in [4.78, 5) is 0. The smallest absolute Gasteiger partial charge is 0.162 e. The van der Waals surface area contributed by atoms with E-state index in [-0.39, 0.29) is 0 Å². The van der Waals surface area contributed by atoms with Crippen LogP contribution in [-0.2, 0) is 17.9 Å². The normalized spacial score (nSPS) is 12.9. The van der Waals surface area contributed by atoms with Gasteiger partial charge in [0.25, 0.3) is 0 Å². The fraction of sp³-hybridized carbons (Fsp3) is 0.500. The quantitative estimate of drug-likeness (QED) is 0.817. The lowest BCUT2D eigenvalue weighted by atomic mass is 10.3. The average molecular weight is 238 g/mol. The van der Waals surface area contributed by atoms with Gasteiger partial charge in [-0.1, -0.05) is 10.4 Å². The summed E-state index contributed by atoms with van der Waals surface area (Å²) < 4.78 is 11.6. The van der Waals surface area contributed by atoms with Gasteiger partial charge in [-0.3, -0.25) is 0 Å². The number of aromatic nitrogens is 4. The molecule has 0 spiro atoms. The van der Waals surface area contributed by atoms with Crippen LogP contribution in [0.15, 0.2) is 16.8 Å². The van der Waals surface area contributed by atoms with Gasteiger partial charge in [0, 0.05) is 13.2 Å². The minimum Gasteiger partial charge on any atom is -0.387 e. The first-order valence-corrected chi connectivity index (χ1v) is 5.20. The summed E-state index contributed by atoms with van der Waals surface area (Å²) >= 11 is 0. The van der Waals surface area contributed by atoms with Gasteiger partial charge < -0.3 is 14.4 Å². The predicted octanol–water partition coefficient (Wildman–Crippen LogP) is 0.514. The van der Waals surface area contributed by atoms with Crippen LogP contribution in [0.1, 0.15) is 30.2 Å². The van der Waals surface area contributed by atoms with Crippen molar-refractivity contribution in [2.45, 2.75) is 26.2 Å². The largest absolute Gasteiger partial charge is 0.387 e. The van der Waals surface area contributed by atoms with Crippen LogP contribution >= 0.6 is 0 Å². The van der Waals surface area contributed by atoms with Crippen molar-refractivity contribution in [1.29, 1.82) is 0 Å². The Kier molecular flexibility index (Phi) is 3.50. The molecule has 2 aromatic heterocycles. The number of aliphatic hydroxyl groups is 1. The van der Waals surface area contributed by atoms with Gasteiger partial charge in [0.1, 0.15) is 18.0 Å². The van der Waals surface area contributed by atoms with Crippen molar-refractivity contribution in [3.63, 3.8) is 0 Å². The van der Waals surface area contributed by atoms with Crippen LogP contribution in [0.25, 0.3) is 0 Å². The Balaban J connectivity index is 2.03. The van der Waals surface area contributed by atoms with E-state index in [0.717, 1.165) is 5.69 Å². The molecule has 0 aromatic carbocycles. The molecule has 1 atom stereocenters. The Hall–Kier alpha value is -1.73. The molecule has 0 radical (unpaired) electrons. The second-order valence-electron chi connectivity index (χ2n) is 3.73. The zero-order valence-electron chi connectivity index (χ0n) is 9.70. The van der Waals surface area contributed by atoms with E-state index in [4.69, 9.17) is 9.26 Å². The Morgan fingerprint density at radius 1 is 1.59 bits per heavy atom. The molecular weight excluding hydrogens is 224 g/mol. The van der Waals surface area contributed by atoms with E-state index in [9.17, 15) is 5.11 Å². The number of aliphatic hydroxyl groups excluding tert-OH is 1. The Labute approximate surface area is 98.0 Å². The molecular formula is C10H14N4O3. The highest BCUT2D eigenvalue weighted by atomic mass is 16.5. The SMILES string of the molecule is COCc1cc(Cn2cc(C(C)O)nn2)no1. The molecule has 1 N–H and O–H groups in total. The summed E-state index contributed by atoms with van der Waals surface area (Å²) in [6.45, 7) is 2.48. The van der Waals surface area contributed by atoms with E-state index in [1.807, 2.05) is 0 Å². The van der Waals surface area contributed by atoms with Gasteiger partial charge in [-0.25, -0.2) is 4.68 Å².